The van der Waals surface area contributed by atoms with Gasteiger partial charge in [0.2, 0.25) is 0 Å². The molecule has 0 radical (unpaired) electrons. The highest BCUT2D eigenvalue weighted by Crippen LogP contribution is 2.34. The van der Waals surface area contributed by atoms with Gasteiger partial charge in [-0.1, -0.05) is 26.0 Å². The summed E-state index contributed by atoms with van der Waals surface area (Å²) < 4.78 is 45.8. The molecule has 2 fully saturated rings. The third-order valence-electron chi connectivity index (χ3n) is 6.72. The Bertz CT molecular complexity index is 1060. The molecule has 0 aliphatic carbocycles. The van der Waals surface area contributed by atoms with Gasteiger partial charge >= 0.3 is 6.18 Å². The number of aldehydes is 1. The van der Waals surface area contributed by atoms with Crippen molar-refractivity contribution in [2.75, 3.05) is 32.8 Å². The average Bonchev–Trinajstić information content (AvgIpc) is 3.31. The number of halogens is 3. The SMILES string of the molecule is CC(C)c1nc(C(=O)N2CCOC3(CCN(Cc4ccc(C(F)(F)F)c(CC=O)c4)CC3)C2)cs1. The standard InChI is InChI=1S/C25H30F3N3O3S/c1-17(2)22-29-21(15-35-22)23(33)31-10-12-34-24(16-31)6-8-30(9-7-24)14-18-3-4-20(25(26,27)28)19(13-18)5-11-32/h3-4,11,13,15,17H,5-10,12,14,16H2,1-2H3. The van der Waals surface area contributed by atoms with Gasteiger partial charge in [0.15, 0.2) is 0 Å². The highest BCUT2D eigenvalue weighted by molar-refractivity contribution is 7.09. The lowest BCUT2D eigenvalue weighted by Gasteiger charge is -2.47. The number of carbonyl (C=O) groups excluding carboxylic acids is 2. The number of hydrogen-bond donors (Lipinski definition) is 0. The van der Waals surface area contributed by atoms with E-state index < -0.39 is 17.3 Å². The molecular formula is C25H30F3N3O3S. The second-order valence-electron chi connectivity index (χ2n) is 9.62. The van der Waals surface area contributed by atoms with Crippen molar-refractivity contribution in [1.82, 2.24) is 14.8 Å². The summed E-state index contributed by atoms with van der Waals surface area (Å²) in [6.45, 7) is 7.54. The Kier molecular flexibility index (Phi) is 7.63. The number of thiazole rings is 1. The van der Waals surface area contributed by atoms with Gasteiger partial charge in [-0.05, 0) is 30.0 Å². The molecule has 0 unspecified atom stereocenters. The minimum absolute atomic E-state index is 0.00547. The molecule has 3 heterocycles. The molecular weight excluding hydrogens is 479 g/mol. The lowest BCUT2D eigenvalue weighted by molar-refractivity contribution is -0.138. The van der Waals surface area contributed by atoms with Crippen LogP contribution in [0.4, 0.5) is 13.2 Å². The smallest absolute Gasteiger partial charge is 0.371 e. The molecule has 6 nitrogen and oxygen atoms in total. The maximum absolute atomic E-state index is 13.2. The number of piperidine rings is 1. The van der Waals surface area contributed by atoms with Gasteiger partial charge in [0, 0.05) is 43.9 Å². The zero-order valence-electron chi connectivity index (χ0n) is 19.9. The molecule has 1 spiro atoms. The van der Waals surface area contributed by atoms with Gasteiger partial charge in [-0.2, -0.15) is 13.2 Å². The van der Waals surface area contributed by atoms with E-state index in [1.165, 1.54) is 23.5 Å². The van der Waals surface area contributed by atoms with Crippen LogP contribution < -0.4 is 0 Å². The Morgan fingerprint density at radius 2 is 2.00 bits per heavy atom. The lowest BCUT2D eigenvalue weighted by Crippen LogP contribution is -2.58. The molecule has 35 heavy (non-hydrogen) atoms. The van der Waals surface area contributed by atoms with Crippen molar-refractivity contribution in [3.05, 3.63) is 51.0 Å². The fourth-order valence-corrected chi connectivity index (χ4v) is 5.60. The predicted octanol–water partition coefficient (Wildman–Crippen LogP) is 4.53. The van der Waals surface area contributed by atoms with Crippen LogP contribution in [0.3, 0.4) is 0 Å². The second-order valence-corrected chi connectivity index (χ2v) is 10.5. The van der Waals surface area contributed by atoms with Gasteiger partial charge in [-0.25, -0.2) is 4.98 Å². The lowest BCUT2D eigenvalue weighted by atomic mass is 9.89. The summed E-state index contributed by atoms with van der Waals surface area (Å²) in [7, 11) is 0. The highest BCUT2D eigenvalue weighted by Gasteiger charge is 2.41. The van der Waals surface area contributed by atoms with Crippen LogP contribution in [0.15, 0.2) is 23.6 Å². The maximum Gasteiger partial charge on any atom is 0.416 e. The molecule has 1 aromatic heterocycles. The van der Waals surface area contributed by atoms with Crippen LogP contribution in [0.25, 0.3) is 0 Å². The second kappa shape index (κ2) is 10.4. The molecule has 0 atom stereocenters. The topological polar surface area (TPSA) is 62.7 Å². The fourth-order valence-electron chi connectivity index (χ4n) is 4.79. The van der Waals surface area contributed by atoms with Gasteiger partial charge in [0.05, 0.1) is 29.3 Å². The van der Waals surface area contributed by atoms with E-state index in [2.05, 4.69) is 23.7 Å². The highest BCUT2D eigenvalue weighted by atomic mass is 32.1. The number of hydrogen-bond acceptors (Lipinski definition) is 6. The molecule has 4 rings (SSSR count). The molecule has 1 amide bonds. The number of likely N-dealkylation sites (tertiary alicyclic amines) is 1. The molecule has 0 N–H and O–H groups in total. The van der Waals surface area contributed by atoms with E-state index >= 15 is 0 Å². The van der Waals surface area contributed by atoms with Crippen LogP contribution in [-0.2, 0) is 28.7 Å². The van der Waals surface area contributed by atoms with Gasteiger partial charge in [-0.15, -0.1) is 11.3 Å². The fraction of sp³-hybridized carbons (Fsp3) is 0.560. The van der Waals surface area contributed by atoms with Gasteiger partial charge < -0.3 is 14.4 Å². The van der Waals surface area contributed by atoms with Crippen LogP contribution in [0.2, 0.25) is 0 Å². The summed E-state index contributed by atoms with van der Waals surface area (Å²) in [5.74, 6) is 0.215. The summed E-state index contributed by atoms with van der Waals surface area (Å²) in [5.41, 5.74) is 0.0700. The Balaban J connectivity index is 1.37. The first-order valence-electron chi connectivity index (χ1n) is 11.8. The first-order chi connectivity index (χ1) is 16.6. The summed E-state index contributed by atoms with van der Waals surface area (Å²) in [6.07, 6.45) is -2.78. The van der Waals surface area contributed by atoms with Crippen LogP contribution in [0.5, 0.6) is 0 Å². The zero-order chi connectivity index (χ0) is 25.2. The Morgan fingerprint density at radius 3 is 2.63 bits per heavy atom. The molecule has 2 saturated heterocycles. The molecule has 2 aliphatic heterocycles. The molecule has 0 bridgehead atoms. The Labute approximate surface area is 207 Å². The first-order valence-corrected chi connectivity index (χ1v) is 12.7. The van der Waals surface area contributed by atoms with E-state index in [0.29, 0.717) is 51.3 Å². The van der Waals surface area contributed by atoms with E-state index in [-0.39, 0.29) is 23.8 Å². The van der Waals surface area contributed by atoms with Crippen molar-refractivity contribution < 1.29 is 27.5 Å². The molecule has 10 heteroatoms. The van der Waals surface area contributed by atoms with Crippen molar-refractivity contribution in [2.45, 2.75) is 57.3 Å². The first kappa shape index (κ1) is 25.8. The zero-order valence-corrected chi connectivity index (χ0v) is 20.8. The number of rotatable bonds is 6. The Hall–Kier alpha value is -2.30. The summed E-state index contributed by atoms with van der Waals surface area (Å²) in [5, 5.41) is 2.77. The molecule has 0 saturated carbocycles. The predicted molar refractivity (Wildman–Crippen MR) is 127 cm³/mol. The number of ether oxygens (including phenoxy) is 1. The van der Waals surface area contributed by atoms with Crippen molar-refractivity contribution in [1.29, 1.82) is 0 Å². The normalized spacial score (nSPS) is 18.9. The molecule has 2 aromatic rings. The molecule has 2 aliphatic rings. The number of alkyl halides is 3. The summed E-state index contributed by atoms with van der Waals surface area (Å²) in [4.78, 5) is 32.5. The number of nitrogens with zero attached hydrogens (tertiary/aromatic N) is 3. The summed E-state index contributed by atoms with van der Waals surface area (Å²) in [6, 6.07) is 4.03. The largest absolute Gasteiger partial charge is 0.416 e. The van der Waals surface area contributed by atoms with E-state index in [1.54, 1.807) is 0 Å². The minimum atomic E-state index is -4.48. The third kappa shape index (κ3) is 5.92. The number of aromatic nitrogens is 1. The van der Waals surface area contributed by atoms with Crippen LogP contribution >= 0.6 is 11.3 Å². The van der Waals surface area contributed by atoms with Crippen LogP contribution in [0.1, 0.15) is 64.8 Å². The van der Waals surface area contributed by atoms with E-state index in [0.717, 1.165) is 29.5 Å². The van der Waals surface area contributed by atoms with Crippen molar-refractivity contribution in [2.24, 2.45) is 0 Å². The quantitative estimate of drug-likeness (QED) is 0.536. The van der Waals surface area contributed by atoms with Gasteiger partial charge in [0.25, 0.3) is 5.91 Å². The van der Waals surface area contributed by atoms with E-state index in [9.17, 15) is 22.8 Å². The van der Waals surface area contributed by atoms with E-state index in [1.807, 2.05) is 10.3 Å². The van der Waals surface area contributed by atoms with Crippen LogP contribution in [0, 0.1) is 0 Å². The molecule has 190 valence electrons. The van der Waals surface area contributed by atoms with Crippen LogP contribution in [-0.4, -0.2) is 65.4 Å². The number of morpholine rings is 1. The number of benzene rings is 1. The monoisotopic (exact) mass is 509 g/mol. The summed E-state index contributed by atoms with van der Waals surface area (Å²) >= 11 is 1.51. The molecule has 1 aromatic carbocycles. The van der Waals surface area contributed by atoms with E-state index in [4.69, 9.17) is 4.74 Å². The maximum atomic E-state index is 13.2. The number of carbonyl (C=O) groups is 2. The minimum Gasteiger partial charge on any atom is -0.371 e. The van der Waals surface area contributed by atoms with Crippen molar-refractivity contribution >= 4 is 23.5 Å². The average molecular weight is 510 g/mol. The van der Waals surface area contributed by atoms with Gasteiger partial charge in [-0.3, -0.25) is 9.69 Å². The van der Waals surface area contributed by atoms with Crippen molar-refractivity contribution in [3.63, 3.8) is 0 Å². The Morgan fingerprint density at radius 1 is 1.26 bits per heavy atom. The third-order valence-corrected chi connectivity index (χ3v) is 7.87. The van der Waals surface area contributed by atoms with Crippen molar-refractivity contribution in [3.8, 4) is 0 Å². The number of amides is 1. The van der Waals surface area contributed by atoms with Gasteiger partial charge in [0.1, 0.15) is 12.0 Å².